The first-order valence-corrected chi connectivity index (χ1v) is 5.98. The van der Waals surface area contributed by atoms with Crippen LogP contribution in [0.2, 0.25) is 5.28 Å². The quantitative estimate of drug-likeness (QED) is 0.708. The van der Waals surface area contributed by atoms with Crippen LogP contribution in [0, 0.1) is 0 Å². The van der Waals surface area contributed by atoms with Crippen LogP contribution >= 0.6 is 11.6 Å². The number of halogens is 1. The Hall–Kier alpha value is -2.62. The summed E-state index contributed by atoms with van der Waals surface area (Å²) in [4.78, 5) is 20.1. The van der Waals surface area contributed by atoms with Gasteiger partial charge >= 0.3 is 0 Å². The van der Waals surface area contributed by atoms with Gasteiger partial charge in [-0.05, 0) is 18.5 Å². The monoisotopic (exact) mass is 292 g/mol. The van der Waals surface area contributed by atoms with E-state index in [0.717, 1.165) is 0 Å². The molecule has 0 aliphatic carbocycles. The minimum Gasteiger partial charge on any atom is -0.344 e. The van der Waals surface area contributed by atoms with Gasteiger partial charge in [0, 0.05) is 0 Å². The van der Waals surface area contributed by atoms with E-state index in [-0.39, 0.29) is 17.3 Å². The largest absolute Gasteiger partial charge is 0.344 e. The highest BCUT2D eigenvalue weighted by Gasteiger charge is 2.12. The molecule has 102 valence electrons. The molecule has 0 saturated heterocycles. The van der Waals surface area contributed by atoms with Gasteiger partial charge in [0.25, 0.3) is 5.95 Å². The zero-order valence-corrected chi connectivity index (χ0v) is 11.0. The van der Waals surface area contributed by atoms with Gasteiger partial charge in [0.15, 0.2) is 0 Å². The molecule has 0 amide bonds. The van der Waals surface area contributed by atoms with Crippen LogP contribution < -0.4 is 5.32 Å². The second-order valence-electron chi connectivity index (χ2n) is 3.80. The molecule has 0 aromatic carbocycles. The Bertz CT molecular complexity index is 679. The normalized spacial score (nSPS) is 12.3. The smallest absolute Gasteiger partial charge is 0.258 e. The summed E-state index contributed by atoms with van der Waals surface area (Å²) in [7, 11) is 0. The standard InChI is InChI=1S/C9H9ClN10/c1-5(6-12-3-13-19-6)15-8-16-7(10)17-9(18-8)20-4-11-2-14-20/h2-5H,1H3,(H,12,13,19)(H,15,16,17,18). The third-order valence-electron chi connectivity index (χ3n) is 2.41. The molecule has 3 heterocycles. The lowest BCUT2D eigenvalue weighted by molar-refractivity contribution is 0.759. The van der Waals surface area contributed by atoms with Crippen molar-refractivity contribution in [3.05, 3.63) is 30.1 Å². The molecule has 3 aromatic rings. The van der Waals surface area contributed by atoms with Crippen molar-refractivity contribution in [3.8, 4) is 5.95 Å². The summed E-state index contributed by atoms with van der Waals surface area (Å²) in [6, 6.07) is -0.167. The fourth-order valence-corrected chi connectivity index (χ4v) is 1.66. The lowest BCUT2D eigenvalue weighted by atomic mass is 10.3. The van der Waals surface area contributed by atoms with Crippen LogP contribution in [0.4, 0.5) is 5.95 Å². The van der Waals surface area contributed by atoms with Gasteiger partial charge < -0.3 is 5.32 Å². The second kappa shape index (κ2) is 5.17. The first kappa shape index (κ1) is 12.4. The summed E-state index contributed by atoms with van der Waals surface area (Å²) in [5.41, 5.74) is 0. The molecule has 0 radical (unpaired) electrons. The third-order valence-corrected chi connectivity index (χ3v) is 2.58. The maximum atomic E-state index is 5.88. The Kier molecular flexibility index (Phi) is 3.21. The SMILES string of the molecule is CC(Nc1nc(Cl)nc(-n2cncn2)n1)c1ncn[nH]1. The minimum absolute atomic E-state index is 0.0535. The average Bonchev–Trinajstić information content (AvgIpc) is 3.12. The Labute approximate surface area is 117 Å². The van der Waals surface area contributed by atoms with Crippen LogP contribution in [0.3, 0.4) is 0 Å². The van der Waals surface area contributed by atoms with E-state index in [9.17, 15) is 0 Å². The number of hydrogen-bond acceptors (Lipinski definition) is 8. The number of aromatic amines is 1. The molecular weight excluding hydrogens is 284 g/mol. The zero-order chi connectivity index (χ0) is 13.9. The molecule has 20 heavy (non-hydrogen) atoms. The van der Waals surface area contributed by atoms with Crippen LogP contribution in [0.15, 0.2) is 19.0 Å². The summed E-state index contributed by atoms with van der Waals surface area (Å²) < 4.78 is 1.39. The minimum atomic E-state index is -0.167. The van der Waals surface area contributed by atoms with Crippen molar-refractivity contribution in [2.75, 3.05) is 5.32 Å². The number of aromatic nitrogens is 9. The summed E-state index contributed by atoms with van der Waals surface area (Å²) in [6.07, 6.45) is 4.27. The molecule has 0 bridgehead atoms. The molecule has 0 aliphatic rings. The number of nitrogens with one attached hydrogen (secondary N) is 2. The maximum absolute atomic E-state index is 5.88. The number of anilines is 1. The molecule has 2 N–H and O–H groups in total. The van der Waals surface area contributed by atoms with E-state index in [4.69, 9.17) is 11.6 Å². The second-order valence-corrected chi connectivity index (χ2v) is 4.14. The van der Waals surface area contributed by atoms with Crippen LogP contribution in [0.25, 0.3) is 5.95 Å². The van der Waals surface area contributed by atoms with Crippen molar-refractivity contribution in [1.82, 2.24) is 44.9 Å². The predicted octanol–water partition coefficient (Wildman–Crippen LogP) is 0.397. The van der Waals surface area contributed by atoms with Gasteiger partial charge in [-0.25, -0.2) is 9.97 Å². The molecule has 0 aliphatic heterocycles. The molecule has 3 aromatic heterocycles. The summed E-state index contributed by atoms with van der Waals surface area (Å²) in [6.45, 7) is 1.88. The fraction of sp³-hybridized carbons (Fsp3) is 0.222. The van der Waals surface area contributed by atoms with Crippen molar-refractivity contribution in [2.24, 2.45) is 0 Å². The summed E-state index contributed by atoms with van der Waals surface area (Å²) >= 11 is 5.88. The van der Waals surface area contributed by atoms with Crippen molar-refractivity contribution < 1.29 is 0 Å². The highest BCUT2D eigenvalue weighted by Crippen LogP contribution is 2.14. The molecule has 11 heteroatoms. The Morgan fingerprint density at radius 1 is 1.30 bits per heavy atom. The molecule has 10 nitrogen and oxygen atoms in total. The first-order chi connectivity index (χ1) is 9.72. The molecule has 1 atom stereocenters. The van der Waals surface area contributed by atoms with E-state index in [0.29, 0.717) is 11.8 Å². The first-order valence-electron chi connectivity index (χ1n) is 5.61. The van der Waals surface area contributed by atoms with Gasteiger partial charge in [0.1, 0.15) is 24.8 Å². The van der Waals surface area contributed by atoms with Crippen molar-refractivity contribution in [2.45, 2.75) is 13.0 Å². The van der Waals surface area contributed by atoms with Crippen LogP contribution in [-0.4, -0.2) is 44.9 Å². The van der Waals surface area contributed by atoms with Gasteiger partial charge in [-0.2, -0.15) is 29.8 Å². The van der Waals surface area contributed by atoms with Gasteiger partial charge in [-0.1, -0.05) is 0 Å². The summed E-state index contributed by atoms with van der Waals surface area (Å²) in [5, 5.41) is 13.6. The molecule has 0 saturated carbocycles. The van der Waals surface area contributed by atoms with Crippen LogP contribution in [-0.2, 0) is 0 Å². The van der Waals surface area contributed by atoms with E-state index in [1.54, 1.807) is 0 Å². The van der Waals surface area contributed by atoms with Crippen molar-refractivity contribution in [3.63, 3.8) is 0 Å². The Morgan fingerprint density at radius 3 is 2.90 bits per heavy atom. The lowest BCUT2D eigenvalue weighted by Crippen LogP contribution is -2.13. The van der Waals surface area contributed by atoms with E-state index < -0.39 is 0 Å². The van der Waals surface area contributed by atoms with Crippen LogP contribution in [0.5, 0.6) is 0 Å². The topological polar surface area (TPSA) is 123 Å². The predicted molar refractivity (Wildman–Crippen MR) is 68.2 cm³/mol. The van der Waals surface area contributed by atoms with Gasteiger partial charge in [-0.15, -0.1) is 0 Å². The highest BCUT2D eigenvalue weighted by atomic mass is 35.5. The number of H-pyrrole nitrogens is 1. The van der Waals surface area contributed by atoms with E-state index >= 15 is 0 Å². The molecule has 0 spiro atoms. The van der Waals surface area contributed by atoms with E-state index in [1.165, 1.54) is 23.7 Å². The van der Waals surface area contributed by atoms with Gasteiger partial charge in [-0.3, -0.25) is 5.10 Å². The molecule has 1 unspecified atom stereocenters. The highest BCUT2D eigenvalue weighted by molar-refractivity contribution is 6.28. The summed E-state index contributed by atoms with van der Waals surface area (Å²) in [5.74, 6) is 1.23. The Balaban J connectivity index is 1.87. The zero-order valence-electron chi connectivity index (χ0n) is 10.3. The number of nitrogens with zero attached hydrogens (tertiary/aromatic N) is 8. The molecular formula is C9H9ClN10. The van der Waals surface area contributed by atoms with E-state index in [2.05, 4.69) is 45.5 Å². The lowest BCUT2D eigenvalue weighted by Gasteiger charge is -2.11. The number of rotatable bonds is 4. The van der Waals surface area contributed by atoms with E-state index in [1.807, 2.05) is 6.92 Å². The molecule has 0 fully saturated rings. The Morgan fingerprint density at radius 2 is 2.20 bits per heavy atom. The van der Waals surface area contributed by atoms with Crippen molar-refractivity contribution >= 4 is 17.5 Å². The molecule has 3 rings (SSSR count). The maximum Gasteiger partial charge on any atom is 0.258 e. The fourth-order valence-electron chi connectivity index (χ4n) is 1.50. The van der Waals surface area contributed by atoms with Crippen LogP contribution in [0.1, 0.15) is 18.8 Å². The average molecular weight is 293 g/mol. The van der Waals surface area contributed by atoms with Gasteiger partial charge in [0.2, 0.25) is 11.2 Å². The van der Waals surface area contributed by atoms with Gasteiger partial charge in [0.05, 0.1) is 6.04 Å². The van der Waals surface area contributed by atoms with Crippen molar-refractivity contribution in [1.29, 1.82) is 0 Å². The number of hydrogen-bond donors (Lipinski definition) is 2. The third kappa shape index (κ3) is 2.54.